The molecular weight excluding hydrogens is 417 g/mol. The molecule has 0 bridgehead atoms. The van der Waals surface area contributed by atoms with Gasteiger partial charge >= 0.3 is 0 Å². The highest BCUT2D eigenvalue weighted by Crippen LogP contribution is 2.38. The maximum Gasteiger partial charge on any atom is 0.193 e. The standard InChI is InChI=1S/C18H27N3O2.HI/c1-2-19-17(20-9-6-15-4-3-5-16(22)12-15)21-10-7-18(13-21)8-11-23-14-18;/h3-5,12,22H,2,6-11,13-14H2,1H3,(H,19,20);1H. The van der Waals surface area contributed by atoms with Crippen molar-refractivity contribution in [1.29, 1.82) is 0 Å². The van der Waals surface area contributed by atoms with E-state index in [0.29, 0.717) is 11.2 Å². The Hall–Kier alpha value is -1.02. The normalized spacial score (nSPS) is 23.5. The summed E-state index contributed by atoms with van der Waals surface area (Å²) >= 11 is 0. The van der Waals surface area contributed by atoms with Crippen LogP contribution in [0, 0.1) is 5.41 Å². The minimum absolute atomic E-state index is 0. The maximum absolute atomic E-state index is 9.53. The third kappa shape index (κ3) is 4.75. The van der Waals surface area contributed by atoms with Crippen LogP contribution in [0.4, 0.5) is 0 Å². The Morgan fingerprint density at radius 3 is 3.00 bits per heavy atom. The van der Waals surface area contributed by atoms with Crippen LogP contribution in [0.2, 0.25) is 0 Å². The number of phenolic OH excluding ortho intramolecular Hbond substituents is 1. The predicted octanol–water partition coefficient (Wildman–Crippen LogP) is 2.63. The average molecular weight is 445 g/mol. The number of aromatic hydroxyl groups is 1. The number of aliphatic imine (C=N–C) groups is 1. The molecule has 2 aliphatic rings. The van der Waals surface area contributed by atoms with Crippen molar-refractivity contribution in [3.05, 3.63) is 29.8 Å². The molecule has 134 valence electrons. The lowest BCUT2D eigenvalue weighted by molar-refractivity contribution is 0.156. The van der Waals surface area contributed by atoms with E-state index in [1.54, 1.807) is 6.07 Å². The summed E-state index contributed by atoms with van der Waals surface area (Å²) in [5.41, 5.74) is 1.47. The number of nitrogens with zero attached hydrogens (tertiary/aromatic N) is 2. The summed E-state index contributed by atoms with van der Waals surface area (Å²) in [5.74, 6) is 1.33. The van der Waals surface area contributed by atoms with Gasteiger partial charge in [-0.2, -0.15) is 0 Å². The Labute approximate surface area is 161 Å². The van der Waals surface area contributed by atoms with Gasteiger partial charge in [0, 0.05) is 38.2 Å². The summed E-state index contributed by atoms with van der Waals surface area (Å²) in [6, 6.07) is 7.42. The number of halogens is 1. The molecule has 0 saturated carbocycles. The Kier molecular flexibility index (Phi) is 7.16. The van der Waals surface area contributed by atoms with Gasteiger partial charge in [-0.25, -0.2) is 0 Å². The molecule has 1 spiro atoms. The fourth-order valence-corrected chi connectivity index (χ4v) is 3.52. The first-order valence-corrected chi connectivity index (χ1v) is 8.60. The van der Waals surface area contributed by atoms with Gasteiger partial charge in [0.05, 0.1) is 6.61 Å². The maximum atomic E-state index is 9.53. The van der Waals surface area contributed by atoms with Crippen LogP contribution in [-0.2, 0) is 11.2 Å². The van der Waals surface area contributed by atoms with Crippen LogP contribution < -0.4 is 5.32 Å². The fourth-order valence-electron chi connectivity index (χ4n) is 3.52. The molecule has 1 aromatic carbocycles. The molecular formula is C18H28IN3O2. The molecule has 6 heteroatoms. The van der Waals surface area contributed by atoms with Gasteiger partial charge in [0.2, 0.25) is 0 Å². The molecule has 2 aliphatic heterocycles. The number of likely N-dealkylation sites (tertiary alicyclic amines) is 1. The predicted molar refractivity (Wildman–Crippen MR) is 107 cm³/mol. The lowest BCUT2D eigenvalue weighted by Gasteiger charge is -2.25. The zero-order valence-corrected chi connectivity index (χ0v) is 16.7. The molecule has 5 nitrogen and oxygen atoms in total. The number of rotatable bonds is 4. The van der Waals surface area contributed by atoms with Gasteiger partial charge < -0.3 is 20.1 Å². The quantitative estimate of drug-likeness (QED) is 0.425. The Bertz CT molecular complexity index is 559. The molecule has 2 heterocycles. The molecule has 1 aromatic rings. The summed E-state index contributed by atoms with van der Waals surface area (Å²) in [5, 5.41) is 12.9. The fraction of sp³-hybridized carbons (Fsp3) is 0.611. The molecule has 0 aliphatic carbocycles. The molecule has 3 rings (SSSR count). The van der Waals surface area contributed by atoms with Gasteiger partial charge in [-0.3, -0.25) is 4.99 Å². The second kappa shape index (κ2) is 8.89. The summed E-state index contributed by atoms with van der Waals surface area (Å²) in [6.45, 7) is 7.61. The number of phenols is 1. The Morgan fingerprint density at radius 2 is 2.29 bits per heavy atom. The molecule has 0 radical (unpaired) electrons. The summed E-state index contributed by atoms with van der Waals surface area (Å²) in [6.07, 6.45) is 3.21. The topological polar surface area (TPSA) is 57.1 Å². The highest BCUT2D eigenvalue weighted by Gasteiger charge is 2.42. The van der Waals surface area contributed by atoms with E-state index in [-0.39, 0.29) is 24.0 Å². The van der Waals surface area contributed by atoms with Crippen LogP contribution in [-0.4, -0.2) is 55.4 Å². The number of ether oxygens (including phenoxy) is 1. The van der Waals surface area contributed by atoms with Crippen LogP contribution in [0.25, 0.3) is 0 Å². The molecule has 0 amide bonds. The van der Waals surface area contributed by atoms with Crippen molar-refractivity contribution >= 4 is 29.9 Å². The summed E-state index contributed by atoms with van der Waals surface area (Å²) in [7, 11) is 0. The largest absolute Gasteiger partial charge is 0.508 e. The highest BCUT2D eigenvalue weighted by atomic mass is 127. The molecule has 24 heavy (non-hydrogen) atoms. The van der Waals surface area contributed by atoms with Gasteiger partial charge in [-0.1, -0.05) is 12.1 Å². The second-order valence-electron chi connectivity index (χ2n) is 6.63. The van der Waals surface area contributed by atoms with Gasteiger partial charge in [0.25, 0.3) is 0 Å². The highest BCUT2D eigenvalue weighted by molar-refractivity contribution is 14.0. The SMILES string of the molecule is CCNC(=NCCc1cccc(O)c1)N1CCC2(CCOC2)C1.I. The van der Waals surface area contributed by atoms with E-state index in [4.69, 9.17) is 9.73 Å². The van der Waals surface area contributed by atoms with Crippen molar-refractivity contribution in [3.8, 4) is 5.75 Å². The van der Waals surface area contributed by atoms with Crippen LogP contribution in [0.5, 0.6) is 5.75 Å². The Morgan fingerprint density at radius 1 is 1.42 bits per heavy atom. The first-order chi connectivity index (χ1) is 11.2. The van der Waals surface area contributed by atoms with Crippen molar-refractivity contribution in [2.75, 3.05) is 39.4 Å². The molecule has 2 saturated heterocycles. The van der Waals surface area contributed by atoms with Crippen molar-refractivity contribution in [2.24, 2.45) is 10.4 Å². The minimum Gasteiger partial charge on any atom is -0.508 e. The number of guanidine groups is 1. The molecule has 2 N–H and O–H groups in total. The molecule has 1 unspecified atom stereocenters. The number of benzene rings is 1. The van der Waals surface area contributed by atoms with Crippen molar-refractivity contribution in [2.45, 2.75) is 26.2 Å². The second-order valence-corrected chi connectivity index (χ2v) is 6.63. The third-order valence-corrected chi connectivity index (χ3v) is 4.83. The van der Waals surface area contributed by atoms with Gasteiger partial charge in [0.1, 0.15) is 5.75 Å². The van der Waals surface area contributed by atoms with Crippen molar-refractivity contribution in [1.82, 2.24) is 10.2 Å². The molecule has 2 fully saturated rings. The zero-order valence-electron chi connectivity index (χ0n) is 14.3. The van der Waals surface area contributed by atoms with Crippen LogP contribution in [0.1, 0.15) is 25.3 Å². The third-order valence-electron chi connectivity index (χ3n) is 4.83. The Balaban J connectivity index is 0.00000208. The molecule has 1 atom stereocenters. The molecule has 0 aromatic heterocycles. The lowest BCUT2D eigenvalue weighted by atomic mass is 9.87. The van der Waals surface area contributed by atoms with E-state index in [1.807, 2.05) is 18.2 Å². The monoisotopic (exact) mass is 445 g/mol. The van der Waals surface area contributed by atoms with E-state index in [2.05, 4.69) is 17.1 Å². The minimum atomic E-state index is 0. The lowest BCUT2D eigenvalue weighted by Crippen LogP contribution is -2.41. The van der Waals surface area contributed by atoms with E-state index in [1.165, 1.54) is 12.8 Å². The number of hydrogen-bond acceptors (Lipinski definition) is 3. The number of nitrogens with one attached hydrogen (secondary N) is 1. The first-order valence-electron chi connectivity index (χ1n) is 8.60. The van der Waals surface area contributed by atoms with Crippen LogP contribution in [0.15, 0.2) is 29.3 Å². The van der Waals surface area contributed by atoms with Crippen molar-refractivity contribution in [3.63, 3.8) is 0 Å². The number of hydrogen-bond donors (Lipinski definition) is 2. The van der Waals surface area contributed by atoms with Gasteiger partial charge in [0.15, 0.2) is 5.96 Å². The van der Waals surface area contributed by atoms with Crippen LogP contribution >= 0.6 is 24.0 Å². The zero-order chi connectivity index (χ0) is 16.1. The van der Waals surface area contributed by atoms with Crippen LogP contribution in [0.3, 0.4) is 0 Å². The summed E-state index contributed by atoms with van der Waals surface area (Å²) in [4.78, 5) is 7.16. The first kappa shape index (κ1) is 19.3. The average Bonchev–Trinajstić information content (AvgIpc) is 3.17. The van der Waals surface area contributed by atoms with E-state index in [9.17, 15) is 5.11 Å². The smallest absolute Gasteiger partial charge is 0.193 e. The summed E-state index contributed by atoms with van der Waals surface area (Å²) < 4.78 is 5.61. The van der Waals surface area contributed by atoms with Crippen molar-refractivity contribution < 1.29 is 9.84 Å². The van der Waals surface area contributed by atoms with E-state index < -0.39 is 0 Å². The van der Waals surface area contributed by atoms with Gasteiger partial charge in [-0.15, -0.1) is 24.0 Å². The van der Waals surface area contributed by atoms with Gasteiger partial charge in [-0.05, 0) is 43.9 Å². The van der Waals surface area contributed by atoms with E-state index >= 15 is 0 Å². The van der Waals surface area contributed by atoms with E-state index in [0.717, 1.165) is 57.3 Å².